The second-order valence-corrected chi connectivity index (χ2v) is 6.93. The van der Waals surface area contributed by atoms with Gasteiger partial charge in [0, 0.05) is 0 Å². The normalized spacial score (nSPS) is 16.5. The molecule has 3 rings (SSSR count). The highest BCUT2D eigenvalue weighted by Crippen LogP contribution is 2.34. The summed E-state index contributed by atoms with van der Waals surface area (Å²) in [7, 11) is 0. The fourth-order valence-corrected chi connectivity index (χ4v) is 3.37. The minimum atomic E-state index is -1.47. The van der Waals surface area contributed by atoms with Crippen LogP contribution in [0, 0.1) is 0 Å². The molecular weight excluding hydrogens is 394 g/mol. The Hall–Kier alpha value is -3.59. The first-order valence-corrected chi connectivity index (χ1v) is 9.37. The van der Waals surface area contributed by atoms with E-state index in [0.717, 1.165) is 37.2 Å². The van der Waals surface area contributed by atoms with Gasteiger partial charge in [-0.05, 0) is 56.6 Å². The Morgan fingerprint density at radius 1 is 0.933 bits per heavy atom. The van der Waals surface area contributed by atoms with E-state index in [1.165, 1.54) is 6.07 Å². The predicted molar refractivity (Wildman–Crippen MR) is 104 cm³/mol. The lowest BCUT2D eigenvalue weighted by Crippen LogP contribution is -2.20. The number of phenols is 3. The number of benzene rings is 2. The number of carboxylic acid groups (broad SMARTS) is 1. The number of aromatic carboxylic acids is 1. The number of carbonyl (C=O) groups is 3. The maximum atomic E-state index is 12.8. The molecule has 0 amide bonds. The quantitative estimate of drug-likeness (QED) is 0.364. The van der Waals surface area contributed by atoms with Crippen LogP contribution in [-0.2, 0) is 4.74 Å². The van der Waals surface area contributed by atoms with E-state index in [-0.39, 0.29) is 11.7 Å². The van der Waals surface area contributed by atoms with Gasteiger partial charge >= 0.3 is 11.9 Å². The number of phenolic OH excluding ortho intramolecular Hbond substituents is 3. The largest absolute Gasteiger partial charge is 0.507 e. The smallest absolute Gasteiger partial charge is 0.338 e. The maximum Gasteiger partial charge on any atom is 0.338 e. The molecule has 0 aliphatic carbocycles. The van der Waals surface area contributed by atoms with E-state index in [1.54, 1.807) is 0 Å². The first-order valence-electron chi connectivity index (χ1n) is 9.37. The molecule has 2 aromatic carbocycles. The molecule has 158 valence electrons. The van der Waals surface area contributed by atoms with Crippen molar-refractivity contribution in [1.82, 2.24) is 5.32 Å². The van der Waals surface area contributed by atoms with Gasteiger partial charge in [0.1, 0.15) is 28.9 Å². The molecule has 0 radical (unpaired) electrons. The van der Waals surface area contributed by atoms with Crippen LogP contribution in [0.2, 0.25) is 0 Å². The zero-order chi connectivity index (χ0) is 21.8. The lowest BCUT2D eigenvalue weighted by molar-refractivity contribution is 0.0273. The van der Waals surface area contributed by atoms with Crippen molar-refractivity contribution in [2.45, 2.75) is 25.4 Å². The zero-order valence-electron chi connectivity index (χ0n) is 15.9. The second kappa shape index (κ2) is 8.83. The number of hydrogen-bond donors (Lipinski definition) is 5. The van der Waals surface area contributed by atoms with Crippen LogP contribution in [0.3, 0.4) is 0 Å². The minimum absolute atomic E-state index is 0.158. The summed E-state index contributed by atoms with van der Waals surface area (Å²) < 4.78 is 5.42. The summed E-state index contributed by atoms with van der Waals surface area (Å²) in [6.45, 7) is 1.53. The average Bonchev–Trinajstić information content (AvgIpc) is 2.95. The first-order chi connectivity index (χ1) is 14.3. The van der Waals surface area contributed by atoms with Crippen LogP contribution in [0.25, 0.3) is 0 Å². The van der Waals surface area contributed by atoms with Crippen molar-refractivity contribution in [3.05, 3.63) is 52.6 Å². The molecule has 9 nitrogen and oxygen atoms in total. The average molecular weight is 415 g/mol. The number of ether oxygens (including phenoxy) is 1. The Labute approximate surface area is 171 Å². The monoisotopic (exact) mass is 415 g/mol. The number of ketones is 1. The van der Waals surface area contributed by atoms with Gasteiger partial charge < -0.3 is 30.5 Å². The van der Waals surface area contributed by atoms with Crippen molar-refractivity contribution < 1.29 is 39.5 Å². The molecule has 1 atom stereocenters. The van der Waals surface area contributed by atoms with Gasteiger partial charge in [0.05, 0.1) is 16.7 Å². The van der Waals surface area contributed by atoms with Crippen LogP contribution >= 0.6 is 0 Å². The Bertz CT molecular complexity index is 969. The number of carbonyl (C=O) groups excluding carboxylic acids is 2. The summed E-state index contributed by atoms with van der Waals surface area (Å²) in [5.74, 6) is -5.44. The molecule has 1 aliphatic rings. The molecule has 9 heteroatoms. The summed E-state index contributed by atoms with van der Waals surface area (Å²) in [5.41, 5.74) is -1.87. The minimum Gasteiger partial charge on any atom is -0.507 e. The molecule has 0 aromatic heterocycles. The van der Waals surface area contributed by atoms with Crippen LogP contribution in [0.5, 0.6) is 17.2 Å². The number of rotatable bonds is 5. The van der Waals surface area contributed by atoms with Crippen molar-refractivity contribution in [2.24, 2.45) is 0 Å². The van der Waals surface area contributed by atoms with Gasteiger partial charge in [0.2, 0.25) is 5.78 Å². The Kier molecular flexibility index (Phi) is 6.22. The molecule has 2 aromatic rings. The first kappa shape index (κ1) is 21.1. The van der Waals surface area contributed by atoms with E-state index in [4.69, 9.17) is 4.74 Å². The van der Waals surface area contributed by atoms with Crippen molar-refractivity contribution in [3.8, 4) is 17.2 Å². The second-order valence-electron chi connectivity index (χ2n) is 6.93. The fourth-order valence-electron chi connectivity index (χ4n) is 3.37. The van der Waals surface area contributed by atoms with Gasteiger partial charge in [-0.3, -0.25) is 4.79 Å². The summed E-state index contributed by atoms with van der Waals surface area (Å²) in [6, 6.07) is 5.39. The van der Waals surface area contributed by atoms with E-state index in [9.17, 15) is 34.8 Å². The van der Waals surface area contributed by atoms with E-state index >= 15 is 0 Å². The number of hydrogen-bond acceptors (Lipinski definition) is 8. The van der Waals surface area contributed by atoms with Gasteiger partial charge in [-0.1, -0.05) is 6.07 Å². The summed E-state index contributed by atoms with van der Waals surface area (Å²) in [5, 5.41) is 43.0. The van der Waals surface area contributed by atoms with Crippen LogP contribution < -0.4 is 5.32 Å². The van der Waals surface area contributed by atoms with E-state index in [0.29, 0.717) is 19.4 Å². The molecule has 1 fully saturated rings. The van der Waals surface area contributed by atoms with Crippen molar-refractivity contribution >= 4 is 17.7 Å². The highest BCUT2D eigenvalue weighted by Gasteiger charge is 2.28. The number of aromatic hydroxyl groups is 3. The van der Waals surface area contributed by atoms with Crippen molar-refractivity contribution in [2.75, 3.05) is 13.1 Å². The van der Waals surface area contributed by atoms with Crippen LogP contribution in [0.1, 0.15) is 55.9 Å². The van der Waals surface area contributed by atoms with Gasteiger partial charge in [0.25, 0.3) is 0 Å². The van der Waals surface area contributed by atoms with Crippen LogP contribution in [-0.4, -0.2) is 57.3 Å². The summed E-state index contributed by atoms with van der Waals surface area (Å²) in [6.07, 6.45) is 1.84. The molecule has 1 heterocycles. The molecule has 0 saturated carbocycles. The van der Waals surface area contributed by atoms with E-state index < -0.39 is 51.7 Å². The summed E-state index contributed by atoms with van der Waals surface area (Å²) >= 11 is 0. The topological polar surface area (TPSA) is 153 Å². The molecule has 1 aliphatic heterocycles. The van der Waals surface area contributed by atoms with Gasteiger partial charge in [-0.2, -0.15) is 0 Å². The Balaban J connectivity index is 1.91. The maximum absolute atomic E-state index is 12.8. The summed E-state index contributed by atoms with van der Waals surface area (Å²) in [4.78, 5) is 36.6. The Morgan fingerprint density at radius 2 is 1.63 bits per heavy atom. The third kappa shape index (κ3) is 4.36. The Morgan fingerprint density at radius 3 is 2.30 bits per heavy atom. The van der Waals surface area contributed by atoms with Gasteiger partial charge in [0.15, 0.2) is 0 Å². The molecule has 0 unspecified atom stereocenters. The SMILES string of the molecule is O=C(O[C@@H]1CCCNCC1)c1cc(O)c(C(=O)c2c(O)cccc2C(=O)O)c(O)c1. The number of esters is 1. The standard InChI is InChI=1S/C21H21NO8/c23-14-5-1-4-13(20(27)28)17(14)19(26)18-15(24)9-11(10-16(18)25)21(29)30-12-3-2-7-22-8-6-12/h1,4-5,9-10,12,22-25H,2-3,6-8H2,(H,27,28)/t12-/m1/s1. The van der Waals surface area contributed by atoms with E-state index in [1.807, 2.05) is 0 Å². The number of nitrogens with one attached hydrogen (secondary N) is 1. The molecule has 30 heavy (non-hydrogen) atoms. The van der Waals surface area contributed by atoms with Crippen LogP contribution in [0.15, 0.2) is 30.3 Å². The molecule has 1 saturated heterocycles. The molecule has 5 N–H and O–H groups in total. The highest BCUT2D eigenvalue weighted by atomic mass is 16.5. The zero-order valence-corrected chi connectivity index (χ0v) is 15.9. The fraction of sp³-hybridized carbons (Fsp3) is 0.286. The molecular formula is C21H21NO8. The molecule has 0 spiro atoms. The predicted octanol–water partition coefficient (Wildman–Crippen LogP) is 2.03. The van der Waals surface area contributed by atoms with Crippen LogP contribution in [0.4, 0.5) is 0 Å². The van der Waals surface area contributed by atoms with E-state index in [2.05, 4.69) is 5.32 Å². The van der Waals surface area contributed by atoms with Crippen molar-refractivity contribution in [1.29, 1.82) is 0 Å². The lowest BCUT2D eigenvalue weighted by atomic mass is 9.95. The number of carboxylic acids is 1. The molecule has 0 bridgehead atoms. The van der Waals surface area contributed by atoms with Gasteiger partial charge in [-0.25, -0.2) is 9.59 Å². The van der Waals surface area contributed by atoms with Gasteiger partial charge in [-0.15, -0.1) is 0 Å². The third-order valence-corrected chi connectivity index (χ3v) is 4.86. The van der Waals surface area contributed by atoms with Crippen molar-refractivity contribution in [3.63, 3.8) is 0 Å². The third-order valence-electron chi connectivity index (χ3n) is 4.86. The lowest BCUT2D eigenvalue weighted by Gasteiger charge is -2.16. The highest BCUT2D eigenvalue weighted by molar-refractivity contribution is 6.18.